The van der Waals surface area contributed by atoms with Crippen LogP contribution in [0.15, 0.2) is 34.9 Å². The molecule has 4 rings (SSSR count). The number of H-pyrrole nitrogens is 1. The number of imide groups is 1. The number of hydrogen-bond donors (Lipinski definition) is 2. The predicted octanol–water partition coefficient (Wildman–Crippen LogP) is 2.32. The van der Waals surface area contributed by atoms with E-state index in [1.54, 1.807) is 0 Å². The maximum atomic E-state index is 12.2. The van der Waals surface area contributed by atoms with Crippen LogP contribution in [0, 0.1) is 10.8 Å². The topological polar surface area (TPSA) is 78.1 Å². The number of fused-ring (bicyclic) bond motifs is 1. The Morgan fingerprint density at radius 2 is 1.72 bits per heavy atom. The van der Waals surface area contributed by atoms with Gasteiger partial charge in [-0.2, -0.15) is 0 Å². The lowest BCUT2D eigenvalue weighted by Gasteiger charge is -2.26. The summed E-state index contributed by atoms with van der Waals surface area (Å²) in [7, 11) is 0. The Morgan fingerprint density at radius 3 is 2.32 bits per heavy atom. The molecule has 0 saturated carbocycles. The number of aromatic nitrogens is 2. The molecule has 7 heteroatoms. The van der Waals surface area contributed by atoms with Crippen LogP contribution in [0.25, 0.3) is 11.3 Å². The van der Waals surface area contributed by atoms with Crippen molar-refractivity contribution >= 4 is 27.7 Å². The van der Waals surface area contributed by atoms with Crippen LogP contribution in [0.4, 0.5) is 0 Å². The van der Waals surface area contributed by atoms with E-state index in [0.29, 0.717) is 19.6 Å². The Labute approximate surface area is 154 Å². The van der Waals surface area contributed by atoms with Gasteiger partial charge in [-0.1, -0.05) is 28.1 Å². The van der Waals surface area contributed by atoms with Gasteiger partial charge in [0.05, 0.1) is 29.3 Å². The normalized spacial score (nSPS) is 29.1. The first-order valence-corrected chi connectivity index (χ1v) is 8.99. The maximum Gasteiger partial charge on any atom is 0.234 e. The minimum atomic E-state index is -0.675. The Hall–Kier alpha value is -1.99. The quantitative estimate of drug-likeness (QED) is 0.772. The van der Waals surface area contributed by atoms with E-state index in [1.165, 1.54) is 0 Å². The molecule has 2 unspecified atom stereocenters. The van der Waals surface area contributed by atoms with Crippen molar-refractivity contribution in [2.75, 3.05) is 13.1 Å². The van der Waals surface area contributed by atoms with Gasteiger partial charge in [0.1, 0.15) is 5.82 Å². The lowest BCUT2D eigenvalue weighted by molar-refractivity contribution is -0.128. The Kier molecular flexibility index (Phi) is 3.63. The number of benzene rings is 1. The summed E-state index contributed by atoms with van der Waals surface area (Å²) in [5, 5.41) is 2.48. The van der Waals surface area contributed by atoms with Crippen molar-refractivity contribution in [1.29, 1.82) is 0 Å². The molecule has 0 spiro atoms. The van der Waals surface area contributed by atoms with Gasteiger partial charge in [0.15, 0.2) is 0 Å². The van der Waals surface area contributed by atoms with Gasteiger partial charge in [-0.3, -0.25) is 19.8 Å². The predicted molar refractivity (Wildman–Crippen MR) is 96.4 cm³/mol. The largest absolute Gasteiger partial charge is 0.341 e. The highest BCUT2D eigenvalue weighted by Gasteiger charge is 2.65. The molecule has 1 aromatic carbocycles. The number of nitrogens with zero attached hydrogens (tertiary/aromatic N) is 2. The lowest BCUT2D eigenvalue weighted by Crippen LogP contribution is -2.38. The molecule has 1 aromatic heterocycles. The number of rotatable bonds is 3. The summed E-state index contributed by atoms with van der Waals surface area (Å²) in [6.07, 6.45) is 1.82. The number of nitrogens with one attached hydrogen (secondary N) is 2. The van der Waals surface area contributed by atoms with Crippen LogP contribution in [-0.4, -0.2) is 39.8 Å². The van der Waals surface area contributed by atoms with Gasteiger partial charge in [0.2, 0.25) is 11.8 Å². The van der Waals surface area contributed by atoms with E-state index < -0.39 is 10.8 Å². The molecule has 3 heterocycles. The van der Waals surface area contributed by atoms with E-state index in [1.807, 2.05) is 44.3 Å². The van der Waals surface area contributed by atoms with E-state index in [4.69, 9.17) is 0 Å². The molecule has 2 aliphatic rings. The van der Waals surface area contributed by atoms with Crippen LogP contribution < -0.4 is 5.32 Å². The zero-order valence-corrected chi connectivity index (χ0v) is 15.7. The van der Waals surface area contributed by atoms with Gasteiger partial charge in [-0.25, -0.2) is 4.98 Å². The minimum Gasteiger partial charge on any atom is -0.341 e. The first-order valence-electron chi connectivity index (χ1n) is 8.20. The van der Waals surface area contributed by atoms with Crippen LogP contribution in [0.2, 0.25) is 0 Å². The average Bonchev–Trinajstić information content (AvgIpc) is 3.16. The fourth-order valence-electron chi connectivity index (χ4n) is 3.87. The summed E-state index contributed by atoms with van der Waals surface area (Å²) >= 11 is 3.43. The molecule has 0 aliphatic carbocycles. The van der Waals surface area contributed by atoms with Crippen molar-refractivity contribution in [3.05, 3.63) is 40.8 Å². The fourth-order valence-corrected chi connectivity index (χ4v) is 4.13. The first kappa shape index (κ1) is 16.5. The van der Waals surface area contributed by atoms with Gasteiger partial charge in [0, 0.05) is 17.6 Å². The molecule has 2 saturated heterocycles. The molecule has 2 fully saturated rings. The van der Waals surface area contributed by atoms with E-state index in [0.717, 1.165) is 21.6 Å². The molecular formula is C18H19BrN4O2. The molecule has 2 N–H and O–H groups in total. The summed E-state index contributed by atoms with van der Waals surface area (Å²) in [6.45, 7) is 5.44. The minimum absolute atomic E-state index is 0.169. The van der Waals surface area contributed by atoms with Crippen LogP contribution >= 0.6 is 15.9 Å². The van der Waals surface area contributed by atoms with Gasteiger partial charge < -0.3 is 4.98 Å². The molecule has 0 radical (unpaired) electrons. The van der Waals surface area contributed by atoms with Gasteiger partial charge in [0.25, 0.3) is 0 Å². The SMILES string of the molecule is CC12CN(Cc3ncc(-c4ccc(Br)cc4)[nH]3)CC1(C)C(=O)NC2=O. The van der Waals surface area contributed by atoms with E-state index in [2.05, 4.69) is 36.1 Å². The summed E-state index contributed by atoms with van der Waals surface area (Å²) in [6, 6.07) is 8.02. The number of hydrogen-bond acceptors (Lipinski definition) is 4. The first-order chi connectivity index (χ1) is 11.8. The number of carbonyl (C=O) groups is 2. The Morgan fingerprint density at radius 1 is 1.12 bits per heavy atom. The van der Waals surface area contributed by atoms with Crippen molar-refractivity contribution in [3.63, 3.8) is 0 Å². The second-order valence-electron chi connectivity index (χ2n) is 7.34. The second-order valence-corrected chi connectivity index (χ2v) is 8.26. The standard InChI is InChI=1S/C18H19BrN4O2/c1-17-9-23(10-18(17,2)16(25)22-15(17)24)8-14-20-7-13(21-14)11-3-5-12(19)6-4-11/h3-7H,8-10H2,1-2H3,(H,20,21)(H,22,24,25). The van der Waals surface area contributed by atoms with Crippen molar-refractivity contribution < 1.29 is 9.59 Å². The summed E-state index contributed by atoms with van der Waals surface area (Å²) in [4.78, 5) is 34.4. The van der Waals surface area contributed by atoms with Gasteiger partial charge >= 0.3 is 0 Å². The monoisotopic (exact) mass is 402 g/mol. The Bertz CT molecular complexity index is 834. The van der Waals surface area contributed by atoms with Crippen LogP contribution in [0.1, 0.15) is 19.7 Å². The zero-order valence-electron chi connectivity index (χ0n) is 14.1. The van der Waals surface area contributed by atoms with Gasteiger partial charge in [-0.15, -0.1) is 0 Å². The third-order valence-electron chi connectivity index (χ3n) is 5.68. The Balaban J connectivity index is 1.52. The molecule has 2 aromatic rings. The molecule has 2 atom stereocenters. The molecule has 25 heavy (non-hydrogen) atoms. The number of imidazole rings is 1. The van der Waals surface area contributed by atoms with E-state index in [-0.39, 0.29) is 11.8 Å². The maximum absolute atomic E-state index is 12.2. The third kappa shape index (κ3) is 2.45. The van der Waals surface area contributed by atoms with Crippen molar-refractivity contribution in [2.24, 2.45) is 10.8 Å². The van der Waals surface area contributed by atoms with Crippen LogP contribution in [-0.2, 0) is 16.1 Å². The molecule has 2 amide bonds. The number of halogens is 1. The number of carbonyl (C=O) groups excluding carboxylic acids is 2. The second kappa shape index (κ2) is 5.51. The van der Waals surface area contributed by atoms with Crippen LogP contribution in [0.3, 0.4) is 0 Å². The zero-order chi connectivity index (χ0) is 17.8. The highest BCUT2D eigenvalue weighted by atomic mass is 79.9. The number of likely N-dealkylation sites (tertiary alicyclic amines) is 1. The lowest BCUT2D eigenvalue weighted by atomic mass is 9.70. The average molecular weight is 403 g/mol. The van der Waals surface area contributed by atoms with Gasteiger partial charge in [-0.05, 0) is 31.5 Å². The summed E-state index contributed by atoms with van der Waals surface area (Å²) in [5.74, 6) is 0.493. The fraction of sp³-hybridized carbons (Fsp3) is 0.389. The third-order valence-corrected chi connectivity index (χ3v) is 6.21. The van der Waals surface area contributed by atoms with Crippen molar-refractivity contribution in [3.8, 4) is 11.3 Å². The molecule has 130 valence electrons. The molecule has 2 aliphatic heterocycles. The van der Waals surface area contributed by atoms with E-state index >= 15 is 0 Å². The number of amides is 2. The highest BCUT2D eigenvalue weighted by Crippen LogP contribution is 2.50. The molecular weight excluding hydrogens is 384 g/mol. The molecule has 0 bridgehead atoms. The highest BCUT2D eigenvalue weighted by molar-refractivity contribution is 9.10. The van der Waals surface area contributed by atoms with Crippen molar-refractivity contribution in [2.45, 2.75) is 20.4 Å². The molecule has 6 nitrogen and oxygen atoms in total. The van der Waals surface area contributed by atoms with Crippen molar-refractivity contribution in [1.82, 2.24) is 20.2 Å². The summed E-state index contributed by atoms with van der Waals surface area (Å²) in [5.41, 5.74) is 0.665. The van der Waals surface area contributed by atoms with E-state index in [9.17, 15) is 9.59 Å². The summed E-state index contributed by atoms with van der Waals surface area (Å²) < 4.78 is 1.03. The number of aromatic amines is 1. The van der Waals surface area contributed by atoms with Crippen LogP contribution in [0.5, 0.6) is 0 Å². The smallest absolute Gasteiger partial charge is 0.234 e.